The molecule has 2 heterocycles. The molecule has 1 aromatic heterocycles. The van der Waals surface area contributed by atoms with E-state index in [9.17, 15) is 26.4 Å². The van der Waals surface area contributed by atoms with E-state index in [2.05, 4.69) is 9.97 Å². The van der Waals surface area contributed by atoms with E-state index in [0.29, 0.717) is 12.1 Å². The lowest BCUT2D eigenvalue weighted by Gasteiger charge is -2.27. The van der Waals surface area contributed by atoms with Crippen molar-refractivity contribution in [2.45, 2.75) is 24.9 Å². The van der Waals surface area contributed by atoms with Crippen LogP contribution in [0, 0.1) is 0 Å². The molecule has 2 aromatic rings. The Labute approximate surface area is 153 Å². The molecule has 0 radical (unpaired) electrons. The molecule has 0 unspecified atom stereocenters. The maximum absolute atomic E-state index is 12.6. The zero-order chi connectivity index (χ0) is 19.8. The minimum Gasteiger partial charge on any atom is -0.363 e. The molecule has 1 aliphatic rings. The molecule has 27 heavy (non-hydrogen) atoms. The van der Waals surface area contributed by atoms with Gasteiger partial charge in [-0.15, -0.1) is 0 Å². The van der Waals surface area contributed by atoms with E-state index in [1.165, 1.54) is 10.5 Å². The smallest absolute Gasteiger partial charge is 0.363 e. The van der Waals surface area contributed by atoms with Gasteiger partial charge in [0, 0.05) is 12.7 Å². The van der Waals surface area contributed by atoms with Crippen molar-refractivity contribution in [2.75, 3.05) is 6.54 Å². The van der Waals surface area contributed by atoms with Crippen molar-refractivity contribution in [2.24, 2.45) is 5.73 Å². The van der Waals surface area contributed by atoms with Crippen molar-refractivity contribution < 1.29 is 26.4 Å². The molecule has 7 nitrogen and oxygen atoms in total. The van der Waals surface area contributed by atoms with Crippen molar-refractivity contribution in [1.82, 2.24) is 14.3 Å². The number of aromatic nitrogens is 2. The zero-order valence-electron chi connectivity index (χ0n) is 13.9. The number of hydrogen-bond acceptors (Lipinski definition) is 5. The van der Waals surface area contributed by atoms with Gasteiger partial charge in [-0.1, -0.05) is 12.1 Å². The molecule has 144 valence electrons. The quantitative estimate of drug-likeness (QED) is 0.837. The molecule has 2 N–H and O–H groups in total. The summed E-state index contributed by atoms with van der Waals surface area (Å²) in [6, 6.07) is 3.99. The largest absolute Gasteiger partial charge is 0.416 e. The normalized spacial score (nSPS) is 15.4. The van der Waals surface area contributed by atoms with Gasteiger partial charge < -0.3 is 5.73 Å². The predicted molar refractivity (Wildman–Crippen MR) is 88.7 cm³/mol. The summed E-state index contributed by atoms with van der Waals surface area (Å²) in [5.41, 5.74) is 5.65. The number of fused-ring (bicyclic) bond motifs is 1. The SMILES string of the molecule is NC(=O)c1ncc2c(n1)CN(S(=O)(=O)Cc1ccc(C(F)(F)F)cc1)CC2. The van der Waals surface area contributed by atoms with Crippen molar-refractivity contribution in [3.63, 3.8) is 0 Å². The molecular formula is C16H15F3N4O3S. The molecule has 0 saturated carbocycles. The number of nitrogens with zero attached hydrogens (tertiary/aromatic N) is 3. The molecule has 0 saturated heterocycles. The molecule has 3 rings (SSSR count). The number of hydrogen-bond donors (Lipinski definition) is 1. The highest BCUT2D eigenvalue weighted by Crippen LogP contribution is 2.29. The van der Waals surface area contributed by atoms with E-state index < -0.39 is 33.4 Å². The third-order valence-corrected chi connectivity index (χ3v) is 5.95. The van der Waals surface area contributed by atoms with Gasteiger partial charge in [0.15, 0.2) is 0 Å². The van der Waals surface area contributed by atoms with Gasteiger partial charge >= 0.3 is 6.18 Å². The zero-order valence-corrected chi connectivity index (χ0v) is 14.7. The first-order valence-corrected chi connectivity index (χ1v) is 9.46. The Kier molecular flexibility index (Phi) is 4.91. The van der Waals surface area contributed by atoms with E-state index in [4.69, 9.17) is 5.73 Å². The summed E-state index contributed by atoms with van der Waals surface area (Å²) in [5.74, 6) is -1.45. The Balaban J connectivity index is 1.78. The molecule has 0 aliphatic carbocycles. The van der Waals surface area contributed by atoms with Gasteiger partial charge in [-0.25, -0.2) is 18.4 Å². The van der Waals surface area contributed by atoms with Crippen LogP contribution in [0.2, 0.25) is 0 Å². The van der Waals surface area contributed by atoms with Crippen LogP contribution in [0.15, 0.2) is 30.5 Å². The van der Waals surface area contributed by atoms with E-state index in [-0.39, 0.29) is 24.5 Å². The first kappa shape index (κ1) is 19.2. The number of benzene rings is 1. The van der Waals surface area contributed by atoms with Crippen LogP contribution >= 0.6 is 0 Å². The van der Waals surface area contributed by atoms with Gasteiger partial charge in [0.2, 0.25) is 15.8 Å². The molecule has 1 aliphatic heterocycles. The number of sulfonamides is 1. The topological polar surface area (TPSA) is 106 Å². The third-order valence-electron chi connectivity index (χ3n) is 4.15. The first-order valence-electron chi connectivity index (χ1n) is 7.85. The van der Waals surface area contributed by atoms with Gasteiger partial charge in [0.1, 0.15) is 0 Å². The van der Waals surface area contributed by atoms with E-state index in [1.54, 1.807) is 0 Å². The Morgan fingerprint density at radius 1 is 1.22 bits per heavy atom. The van der Waals surface area contributed by atoms with Gasteiger partial charge in [-0.2, -0.15) is 17.5 Å². The van der Waals surface area contributed by atoms with Gasteiger partial charge in [-0.3, -0.25) is 4.79 Å². The summed E-state index contributed by atoms with van der Waals surface area (Å²) in [5, 5.41) is 0. The minimum atomic E-state index is -4.48. The van der Waals surface area contributed by atoms with Crippen molar-refractivity contribution in [3.8, 4) is 0 Å². The second-order valence-electron chi connectivity index (χ2n) is 6.06. The van der Waals surface area contributed by atoms with Gasteiger partial charge in [-0.05, 0) is 29.7 Å². The van der Waals surface area contributed by atoms with Crippen LogP contribution in [-0.2, 0) is 34.9 Å². The van der Waals surface area contributed by atoms with Crippen LogP contribution < -0.4 is 5.73 Å². The summed E-state index contributed by atoms with van der Waals surface area (Å²) >= 11 is 0. The number of alkyl halides is 3. The molecule has 0 fully saturated rings. The number of primary amides is 1. The Hall–Kier alpha value is -2.53. The highest BCUT2D eigenvalue weighted by molar-refractivity contribution is 7.88. The Morgan fingerprint density at radius 3 is 2.48 bits per heavy atom. The summed E-state index contributed by atoms with van der Waals surface area (Å²) in [6.07, 6.45) is -2.67. The molecule has 0 spiro atoms. The summed E-state index contributed by atoms with van der Waals surface area (Å²) in [7, 11) is -3.79. The fourth-order valence-corrected chi connectivity index (χ4v) is 4.21. The number of halogens is 3. The maximum atomic E-state index is 12.6. The molecule has 1 amide bonds. The van der Waals surface area contributed by atoms with Crippen LogP contribution in [0.25, 0.3) is 0 Å². The number of carbonyl (C=O) groups excluding carboxylic acids is 1. The summed E-state index contributed by atoms with van der Waals surface area (Å²) in [4.78, 5) is 19.0. The average Bonchev–Trinajstić information content (AvgIpc) is 2.60. The van der Waals surface area contributed by atoms with Crippen LogP contribution in [-0.4, -0.2) is 35.1 Å². The number of amides is 1. The second-order valence-corrected chi connectivity index (χ2v) is 8.03. The number of nitrogens with two attached hydrogens (primary N) is 1. The fraction of sp³-hybridized carbons (Fsp3) is 0.312. The van der Waals surface area contributed by atoms with Crippen LogP contribution in [0.1, 0.15) is 33.0 Å². The maximum Gasteiger partial charge on any atom is 0.416 e. The highest BCUT2D eigenvalue weighted by Gasteiger charge is 2.31. The van der Waals surface area contributed by atoms with Gasteiger partial charge in [0.25, 0.3) is 5.91 Å². The summed E-state index contributed by atoms with van der Waals surface area (Å²) < 4.78 is 64.3. The lowest BCUT2D eigenvalue weighted by molar-refractivity contribution is -0.137. The average molecular weight is 400 g/mol. The standard InChI is InChI=1S/C16H15F3N4O3S/c17-16(18,19)12-3-1-10(2-4-12)9-27(25,26)23-6-5-11-7-21-15(14(20)24)22-13(11)8-23/h1-4,7H,5-6,8-9H2,(H2,20,24). The lowest BCUT2D eigenvalue weighted by Crippen LogP contribution is -2.37. The third kappa shape index (κ3) is 4.25. The minimum absolute atomic E-state index is 0.0545. The first-order chi connectivity index (χ1) is 12.6. The lowest BCUT2D eigenvalue weighted by atomic mass is 10.1. The molecule has 0 bridgehead atoms. The van der Waals surface area contributed by atoms with E-state index in [1.807, 2.05) is 0 Å². The Bertz CT molecular complexity index is 975. The van der Waals surface area contributed by atoms with Crippen molar-refractivity contribution in [1.29, 1.82) is 0 Å². The predicted octanol–water partition coefficient (Wildman–Crippen LogP) is 1.48. The van der Waals surface area contributed by atoms with E-state index in [0.717, 1.165) is 29.8 Å². The highest BCUT2D eigenvalue weighted by atomic mass is 32.2. The molecule has 11 heteroatoms. The van der Waals surface area contributed by atoms with Crippen LogP contribution in [0.3, 0.4) is 0 Å². The molecule has 1 aromatic carbocycles. The number of rotatable bonds is 4. The van der Waals surface area contributed by atoms with Crippen molar-refractivity contribution in [3.05, 3.63) is 58.7 Å². The van der Waals surface area contributed by atoms with Crippen molar-refractivity contribution >= 4 is 15.9 Å². The van der Waals surface area contributed by atoms with Crippen LogP contribution in [0.5, 0.6) is 0 Å². The van der Waals surface area contributed by atoms with Crippen LogP contribution in [0.4, 0.5) is 13.2 Å². The molecule has 0 atom stereocenters. The fourth-order valence-electron chi connectivity index (χ4n) is 2.73. The summed E-state index contributed by atoms with van der Waals surface area (Å²) in [6.45, 7) is 0.135. The van der Waals surface area contributed by atoms with Gasteiger partial charge in [0.05, 0.1) is 23.6 Å². The van der Waals surface area contributed by atoms with E-state index >= 15 is 0 Å². The second kappa shape index (κ2) is 6.89. The number of carbonyl (C=O) groups is 1. The monoisotopic (exact) mass is 400 g/mol. The molecular weight excluding hydrogens is 385 g/mol. The Morgan fingerprint density at radius 2 is 1.89 bits per heavy atom.